The first-order valence-corrected chi connectivity index (χ1v) is 13.8. The Labute approximate surface area is 234 Å². The van der Waals surface area contributed by atoms with Gasteiger partial charge < -0.3 is 9.88 Å². The fourth-order valence-corrected chi connectivity index (χ4v) is 5.61. The minimum absolute atomic E-state index is 0.105. The summed E-state index contributed by atoms with van der Waals surface area (Å²) in [6.07, 6.45) is 4.60. The summed E-state index contributed by atoms with van der Waals surface area (Å²) in [7, 11) is 0. The molecule has 206 valence electrons. The number of rotatable bonds is 7. The number of aromatic amines is 1. The number of benzene rings is 2. The molecule has 0 radical (unpaired) electrons. The molecule has 2 aromatic carbocycles. The summed E-state index contributed by atoms with van der Waals surface area (Å²) in [5.41, 5.74) is 3.35. The standard InChI is InChI=1S/C29H29ClFN7O2/c1-16-9-11-18(12-10-16)15-38-24-23(20-6-3-7-21(30)13-20)33-26(27-36-29(39)40-37-27)34-25(24)35-28(38)32-17(2)19-5-4-8-22(31)14-19/h3-8,13-14,16-18H,9-12,15H2,1-2H3,(H,36,37,39)(H,32,33,34,35)/t16?,17-,18?/m0/s1. The fourth-order valence-electron chi connectivity index (χ4n) is 5.42. The van der Waals surface area contributed by atoms with Crippen molar-refractivity contribution in [3.63, 3.8) is 0 Å². The maximum absolute atomic E-state index is 14.0. The summed E-state index contributed by atoms with van der Waals surface area (Å²) in [5, 5.41) is 7.85. The Bertz CT molecular complexity index is 1720. The zero-order chi connectivity index (χ0) is 27.8. The molecule has 40 heavy (non-hydrogen) atoms. The summed E-state index contributed by atoms with van der Waals surface area (Å²) in [4.78, 5) is 28.6. The van der Waals surface area contributed by atoms with Crippen LogP contribution in [0.15, 0.2) is 57.8 Å². The van der Waals surface area contributed by atoms with Crippen molar-refractivity contribution in [2.45, 2.75) is 52.1 Å². The average Bonchev–Trinajstić information content (AvgIpc) is 3.52. The maximum Gasteiger partial charge on any atom is 0.439 e. The van der Waals surface area contributed by atoms with E-state index < -0.39 is 5.76 Å². The van der Waals surface area contributed by atoms with Crippen molar-refractivity contribution in [2.75, 3.05) is 5.32 Å². The van der Waals surface area contributed by atoms with Gasteiger partial charge in [-0.25, -0.2) is 19.2 Å². The highest BCUT2D eigenvalue weighted by atomic mass is 35.5. The molecule has 2 N–H and O–H groups in total. The minimum atomic E-state index is -0.702. The highest BCUT2D eigenvalue weighted by Crippen LogP contribution is 2.36. The molecule has 9 nitrogen and oxygen atoms in total. The molecule has 3 heterocycles. The van der Waals surface area contributed by atoms with Crippen LogP contribution in [0, 0.1) is 17.7 Å². The number of hydrogen-bond donors (Lipinski definition) is 2. The average molecular weight is 562 g/mol. The Hall–Kier alpha value is -4.05. The monoisotopic (exact) mass is 561 g/mol. The van der Waals surface area contributed by atoms with E-state index in [4.69, 9.17) is 26.1 Å². The topological polar surface area (TPSA) is 115 Å². The lowest BCUT2D eigenvalue weighted by Crippen LogP contribution is -2.20. The molecule has 0 unspecified atom stereocenters. The van der Waals surface area contributed by atoms with Crippen molar-refractivity contribution in [1.82, 2.24) is 29.7 Å². The molecular weight excluding hydrogens is 533 g/mol. The van der Waals surface area contributed by atoms with Gasteiger partial charge in [-0.15, -0.1) is 0 Å². The van der Waals surface area contributed by atoms with Crippen LogP contribution in [0.3, 0.4) is 0 Å². The van der Waals surface area contributed by atoms with Gasteiger partial charge in [-0.3, -0.25) is 9.51 Å². The molecule has 3 aromatic heterocycles. The smallest absolute Gasteiger partial charge is 0.349 e. The van der Waals surface area contributed by atoms with E-state index in [-0.39, 0.29) is 23.5 Å². The van der Waals surface area contributed by atoms with Crippen molar-refractivity contribution < 1.29 is 8.91 Å². The Morgan fingerprint density at radius 1 is 1.12 bits per heavy atom. The van der Waals surface area contributed by atoms with Crippen molar-refractivity contribution in [3.05, 3.63) is 75.5 Å². The number of fused-ring (bicyclic) bond motifs is 1. The molecule has 0 amide bonds. The zero-order valence-electron chi connectivity index (χ0n) is 22.2. The lowest BCUT2D eigenvalue weighted by molar-refractivity contribution is 0.267. The molecule has 0 aliphatic heterocycles. The molecule has 11 heteroatoms. The first-order chi connectivity index (χ1) is 19.3. The van der Waals surface area contributed by atoms with Gasteiger partial charge in [-0.05, 0) is 61.4 Å². The number of nitrogens with one attached hydrogen (secondary N) is 2. The molecule has 1 aliphatic carbocycles. The number of aromatic nitrogens is 6. The van der Waals surface area contributed by atoms with Crippen LogP contribution in [0.5, 0.6) is 0 Å². The van der Waals surface area contributed by atoms with Crippen LogP contribution in [0.2, 0.25) is 5.02 Å². The second-order valence-corrected chi connectivity index (χ2v) is 11.1. The van der Waals surface area contributed by atoms with Crippen LogP contribution in [0.4, 0.5) is 10.3 Å². The SMILES string of the molecule is CC1CCC(Cn2c(N[C@@H](C)c3cccc(F)c3)nc3nc(-c4noc(=O)[nH]4)nc(-c4cccc(Cl)c4)c32)CC1. The third kappa shape index (κ3) is 5.36. The van der Waals surface area contributed by atoms with Crippen LogP contribution in [0.25, 0.3) is 34.1 Å². The Morgan fingerprint density at radius 2 is 1.93 bits per heavy atom. The lowest BCUT2D eigenvalue weighted by atomic mass is 9.83. The summed E-state index contributed by atoms with van der Waals surface area (Å²) in [6, 6.07) is 13.7. The fraction of sp³-hybridized carbons (Fsp3) is 0.345. The van der Waals surface area contributed by atoms with Gasteiger partial charge in [0.25, 0.3) is 0 Å². The number of H-pyrrole nitrogens is 1. The van der Waals surface area contributed by atoms with Gasteiger partial charge in [0.1, 0.15) is 17.0 Å². The van der Waals surface area contributed by atoms with Crippen LogP contribution in [-0.2, 0) is 6.54 Å². The van der Waals surface area contributed by atoms with Crippen molar-refractivity contribution in [1.29, 1.82) is 0 Å². The van der Waals surface area contributed by atoms with Crippen LogP contribution in [0.1, 0.15) is 51.1 Å². The van der Waals surface area contributed by atoms with E-state index in [0.717, 1.165) is 41.9 Å². The van der Waals surface area contributed by atoms with Crippen molar-refractivity contribution >= 4 is 28.7 Å². The van der Waals surface area contributed by atoms with Gasteiger partial charge >= 0.3 is 5.76 Å². The maximum atomic E-state index is 14.0. The molecule has 5 aromatic rings. The van der Waals surface area contributed by atoms with Crippen LogP contribution >= 0.6 is 11.6 Å². The first kappa shape index (κ1) is 26.2. The van der Waals surface area contributed by atoms with Crippen LogP contribution in [-0.4, -0.2) is 29.7 Å². The summed E-state index contributed by atoms with van der Waals surface area (Å²) in [5.74, 6) is 1.07. The number of anilines is 1. The van der Waals surface area contributed by atoms with E-state index in [1.54, 1.807) is 12.1 Å². The van der Waals surface area contributed by atoms with E-state index in [1.807, 2.05) is 31.2 Å². The molecule has 1 fully saturated rings. The molecule has 1 aliphatic rings. The van der Waals surface area contributed by atoms with E-state index in [9.17, 15) is 9.18 Å². The second-order valence-electron chi connectivity index (χ2n) is 10.6. The molecule has 1 saturated carbocycles. The number of halogens is 2. The molecule has 0 bridgehead atoms. The Kier molecular flexibility index (Phi) is 7.10. The Morgan fingerprint density at radius 3 is 2.65 bits per heavy atom. The van der Waals surface area contributed by atoms with Gasteiger partial charge in [-0.2, -0.15) is 4.98 Å². The minimum Gasteiger partial charge on any atom is -0.349 e. The first-order valence-electron chi connectivity index (χ1n) is 13.5. The molecule has 0 saturated heterocycles. The van der Waals surface area contributed by atoms with Gasteiger partial charge in [0.2, 0.25) is 17.6 Å². The van der Waals surface area contributed by atoms with E-state index in [1.165, 1.54) is 25.0 Å². The number of hydrogen-bond acceptors (Lipinski definition) is 7. The molecular formula is C29H29ClFN7O2. The lowest BCUT2D eigenvalue weighted by Gasteiger charge is -2.27. The van der Waals surface area contributed by atoms with Crippen molar-refractivity contribution in [2.24, 2.45) is 11.8 Å². The Balaban J connectivity index is 1.53. The summed E-state index contributed by atoms with van der Waals surface area (Å²) < 4.78 is 20.9. The quantitative estimate of drug-likeness (QED) is 0.229. The molecule has 0 spiro atoms. The zero-order valence-corrected chi connectivity index (χ0v) is 23.0. The van der Waals surface area contributed by atoms with Crippen molar-refractivity contribution in [3.8, 4) is 22.9 Å². The second kappa shape index (κ2) is 10.8. The van der Waals surface area contributed by atoms with Gasteiger partial charge in [-0.1, -0.05) is 60.8 Å². The van der Waals surface area contributed by atoms with Gasteiger partial charge in [0.05, 0.1) is 6.04 Å². The molecule has 1 atom stereocenters. The van der Waals surface area contributed by atoms with Gasteiger partial charge in [0.15, 0.2) is 5.65 Å². The predicted octanol–water partition coefficient (Wildman–Crippen LogP) is 6.63. The van der Waals surface area contributed by atoms with E-state index in [2.05, 4.69) is 31.9 Å². The number of nitrogens with zero attached hydrogens (tertiary/aromatic N) is 5. The van der Waals surface area contributed by atoms with Crippen LogP contribution < -0.4 is 11.1 Å². The summed E-state index contributed by atoms with van der Waals surface area (Å²) in [6.45, 7) is 4.99. The van der Waals surface area contributed by atoms with Gasteiger partial charge in [0, 0.05) is 17.1 Å². The predicted molar refractivity (Wildman–Crippen MR) is 151 cm³/mol. The highest BCUT2D eigenvalue weighted by molar-refractivity contribution is 6.30. The highest BCUT2D eigenvalue weighted by Gasteiger charge is 2.26. The molecule has 6 rings (SSSR count). The number of imidazole rings is 1. The van der Waals surface area contributed by atoms with E-state index in [0.29, 0.717) is 28.2 Å². The summed E-state index contributed by atoms with van der Waals surface area (Å²) >= 11 is 6.39. The normalized spacial score (nSPS) is 18.2. The third-order valence-corrected chi connectivity index (χ3v) is 7.86. The third-order valence-electron chi connectivity index (χ3n) is 7.62. The van der Waals surface area contributed by atoms with E-state index >= 15 is 0 Å². The largest absolute Gasteiger partial charge is 0.439 e.